The van der Waals surface area contributed by atoms with E-state index in [1.807, 2.05) is 0 Å². The van der Waals surface area contributed by atoms with Crippen molar-refractivity contribution in [3.8, 4) is 0 Å². The van der Waals surface area contributed by atoms with Crippen LogP contribution in [0.1, 0.15) is 17.5 Å². The van der Waals surface area contributed by atoms with Gasteiger partial charge in [0.15, 0.2) is 0 Å². The number of likely N-dealkylation sites (tertiary alicyclic amines) is 1. The second kappa shape index (κ2) is 3.57. The number of benzene rings is 1. The minimum atomic E-state index is 0.504. The van der Waals surface area contributed by atoms with Gasteiger partial charge in [-0.3, -0.25) is 4.90 Å². The molecule has 2 nitrogen and oxygen atoms in total. The minimum absolute atomic E-state index is 0.504. The summed E-state index contributed by atoms with van der Waals surface area (Å²) in [5.41, 5.74) is 9.16. The minimum Gasteiger partial charge on any atom is -0.330 e. The number of hydrogen-bond donors (Lipinski definition) is 1. The van der Waals surface area contributed by atoms with Gasteiger partial charge in [-0.15, -0.1) is 0 Å². The highest BCUT2D eigenvalue weighted by atomic mass is 15.2. The molecule has 1 aromatic rings. The zero-order valence-electron chi connectivity index (χ0n) is 9.95. The number of rotatable bonds is 3. The summed E-state index contributed by atoms with van der Waals surface area (Å²) < 4.78 is 0. The summed E-state index contributed by atoms with van der Waals surface area (Å²) >= 11 is 0. The van der Waals surface area contributed by atoms with E-state index < -0.39 is 0 Å². The van der Waals surface area contributed by atoms with Crippen LogP contribution in [0.15, 0.2) is 24.3 Å². The molecule has 2 heteroatoms. The second-order valence-corrected chi connectivity index (χ2v) is 5.63. The monoisotopic (exact) mass is 216 g/mol. The molecule has 2 atom stereocenters. The second-order valence-electron chi connectivity index (χ2n) is 5.63. The van der Waals surface area contributed by atoms with Crippen LogP contribution >= 0.6 is 0 Å². The Hall–Kier alpha value is -0.860. The molecule has 2 N–H and O–H groups in total. The van der Waals surface area contributed by atoms with Gasteiger partial charge in [-0.2, -0.15) is 0 Å². The number of fused-ring (bicyclic) bond motifs is 1. The number of piperidine rings is 1. The van der Waals surface area contributed by atoms with E-state index in [1.54, 1.807) is 0 Å². The van der Waals surface area contributed by atoms with Gasteiger partial charge in [-0.25, -0.2) is 0 Å². The third-order valence-electron chi connectivity index (χ3n) is 4.27. The average Bonchev–Trinajstić information content (AvgIpc) is 2.82. The third kappa shape index (κ3) is 1.66. The Balaban J connectivity index is 1.65. The average molecular weight is 216 g/mol. The van der Waals surface area contributed by atoms with E-state index >= 15 is 0 Å². The number of aryl methyl sites for hydroxylation is 1. The Bertz CT molecular complexity index is 397. The molecular formula is C14H20N2. The molecule has 0 bridgehead atoms. The zero-order chi connectivity index (χ0) is 11.2. The van der Waals surface area contributed by atoms with Gasteiger partial charge in [0.05, 0.1) is 0 Å². The normalized spacial score (nSPS) is 32.8. The first-order valence-electron chi connectivity index (χ1n) is 6.20. The molecule has 1 aromatic carbocycles. The molecule has 2 aliphatic rings. The number of hydrogen-bond acceptors (Lipinski definition) is 2. The molecule has 0 spiro atoms. The predicted molar refractivity (Wildman–Crippen MR) is 66.1 cm³/mol. The van der Waals surface area contributed by atoms with E-state index in [-0.39, 0.29) is 0 Å². The molecular weight excluding hydrogens is 196 g/mol. The smallest absolute Gasteiger partial charge is 0.0234 e. The molecule has 3 rings (SSSR count). The highest BCUT2D eigenvalue weighted by molar-refractivity contribution is 5.23. The summed E-state index contributed by atoms with van der Waals surface area (Å²) in [5, 5.41) is 0. The van der Waals surface area contributed by atoms with Crippen LogP contribution < -0.4 is 5.73 Å². The predicted octanol–water partition coefficient (Wildman–Crippen LogP) is 1.78. The quantitative estimate of drug-likeness (QED) is 0.834. The summed E-state index contributed by atoms with van der Waals surface area (Å²) in [4.78, 5) is 2.57. The highest BCUT2D eigenvalue weighted by Crippen LogP contribution is 2.57. The first kappa shape index (κ1) is 10.3. The van der Waals surface area contributed by atoms with E-state index in [9.17, 15) is 0 Å². The van der Waals surface area contributed by atoms with Crippen molar-refractivity contribution in [2.75, 3.05) is 19.6 Å². The van der Waals surface area contributed by atoms with Crippen LogP contribution in [0.4, 0.5) is 0 Å². The first-order chi connectivity index (χ1) is 7.72. The van der Waals surface area contributed by atoms with Crippen molar-refractivity contribution in [2.45, 2.75) is 19.9 Å². The summed E-state index contributed by atoms with van der Waals surface area (Å²) in [6, 6.07) is 8.83. The molecule has 86 valence electrons. The first-order valence-corrected chi connectivity index (χ1v) is 6.20. The van der Waals surface area contributed by atoms with Crippen molar-refractivity contribution in [2.24, 2.45) is 17.1 Å². The Morgan fingerprint density at radius 3 is 3.06 bits per heavy atom. The maximum atomic E-state index is 5.86. The molecule has 1 heterocycles. The summed E-state index contributed by atoms with van der Waals surface area (Å²) in [6.45, 7) is 6.60. The molecule has 1 aliphatic carbocycles. The van der Waals surface area contributed by atoms with Crippen LogP contribution in [0.2, 0.25) is 0 Å². The molecule has 0 unspecified atom stereocenters. The van der Waals surface area contributed by atoms with Gasteiger partial charge in [0.1, 0.15) is 0 Å². The van der Waals surface area contributed by atoms with Crippen LogP contribution in [0.5, 0.6) is 0 Å². The van der Waals surface area contributed by atoms with Crippen molar-refractivity contribution < 1.29 is 0 Å². The van der Waals surface area contributed by atoms with Gasteiger partial charge in [0.2, 0.25) is 0 Å². The summed E-state index contributed by atoms with van der Waals surface area (Å²) in [7, 11) is 0. The van der Waals surface area contributed by atoms with E-state index in [1.165, 1.54) is 30.6 Å². The van der Waals surface area contributed by atoms with E-state index in [2.05, 4.69) is 36.1 Å². The van der Waals surface area contributed by atoms with Crippen molar-refractivity contribution >= 4 is 0 Å². The van der Waals surface area contributed by atoms with E-state index in [0.29, 0.717) is 5.41 Å². The van der Waals surface area contributed by atoms with E-state index in [4.69, 9.17) is 5.73 Å². The van der Waals surface area contributed by atoms with Gasteiger partial charge < -0.3 is 5.73 Å². The van der Waals surface area contributed by atoms with Gasteiger partial charge in [-0.1, -0.05) is 29.8 Å². The molecule has 1 saturated heterocycles. The molecule has 0 radical (unpaired) electrons. The lowest BCUT2D eigenvalue weighted by Gasteiger charge is -2.20. The van der Waals surface area contributed by atoms with Crippen molar-refractivity contribution in [3.05, 3.63) is 35.4 Å². The molecule has 0 aromatic heterocycles. The fourth-order valence-corrected chi connectivity index (χ4v) is 3.21. The molecule has 1 aliphatic heterocycles. The lowest BCUT2D eigenvalue weighted by molar-refractivity contribution is 0.274. The standard InChI is InChI=1S/C14H20N2/c1-11-3-2-4-12(5-11)7-16-8-13-6-14(13,9-15)10-16/h2-5,13H,6-10,15H2,1H3/t13-,14-/m1/s1. The van der Waals surface area contributed by atoms with Gasteiger partial charge >= 0.3 is 0 Å². The molecule has 16 heavy (non-hydrogen) atoms. The Labute approximate surface area is 97.4 Å². The fraction of sp³-hybridized carbons (Fsp3) is 0.571. The van der Waals surface area contributed by atoms with Gasteiger partial charge in [-0.05, 0) is 36.8 Å². The zero-order valence-corrected chi connectivity index (χ0v) is 9.95. The lowest BCUT2D eigenvalue weighted by Crippen LogP contribution is -2.28. The van der Waals surface area contributed by atoms with Gasteiger partial charge in [0.25, 0.3) is 0 Å². The number of nitrogens with zero attached hydrogens (tertiary/aromatic N) is 1. The van der Waals surface area contributed by atoms with E-state index in [0.717, 1.165) is 19.0 Å². The van der Waals surface area contributed by atoms with Crippen LogP contribution in [-0.2, 0) is 6.54 Å². The summed E-state index contributed by atoms with van der Waals surface area (Å²) in [6.07, 6.45) is 1.37. The molecule has 1 saturated carbocycles. The Kier molecular flexibility index (Phi) is 2.30. The largest absolute Gasteiger partial charge is 0.330 e. The number of nitrogens with two attached hydrogens (primary N) is 1. The van der Waals surface area contributed by atoms with Crippen LogP contribution in [-0.4, -0.2) is 24.5 Å². The Morgan fingerprint density at radius 2 is 2.38 bits per heavy atom. The van der Waals surface area contributed by atoms with Crippen LogP contribution in [0.3, 0.4) is 0 Å². The maximum absolute atomic E-state index is 5.86. The van der Waals surface area contributed by atoms with Crippen LogP contribution in [0.25, 0.3) is 0 Å². The topological polar surface area (TPSA) is 29.3 Å². The molecule has 2 fully saturated rings. The maximum Gasteiger partial charge on any atom is 0.0234 e. The highest BCUT2D eigenvalue weighted by Gasteiger charge is 2.58. The van der Waals surface area contributed by atoms with Gasteiger partial charge in [0, 0.05) is 19.6 Å². The van der Waals surface area contributed by atoms with Crippen molar-refractivity contribution in [1.82, 2.24) is 4.90 Å². The SMILES string of the molecule is Cc1cccc(CN2C[C@H]3C[C@@]3(CN)C2)c1. The lowest BCUT2D eigenvalue weighted by atomic mass is 10.1. The van der Waals surface area contributed by atoms with Crippen molar-refractivity contribution in [3.63, 3.8) is 0 Å². The Morgan fingerprint density at radius 1 is 1.50 bits per heavy atom. The third-order valence-corrected chi connectivity index (χ3v) is 4.27. The fourth-order valence-electron chi connectivity index (χ4n) is 3.21. The van der Waals surface area contributed by atoms with Crippen LogP contribution in [0, 0.1) is 18.3 Å². The molecule has 0 amide bonds. The van der Waals surface area contributed by atoms with Crippen molar-refractivity contribution in [1.29, 1.82) is 0 Å². The summed E-state index contributed by atoms with van der Waals surface area (Å²) in [5.74, 6) is 0.891.